The van der Waals surface area contributed by atoms with Crippen molar-refractivity contribution in [3.05, 3.63) is 0 Å². The van der Waals surface area contributed by atoms with Gasteiger partial charge in [0.15, 0.2) is 0 Å². The van der Waals surface area contributed by atoms with Gasteiger partial charge in [-0.3, -0.25) is 4.79 Å². The molecule has 0 aromatic rings. The third-order valence-electron chi connectivity index (χ3n) is 2.90. The highest BCUT2D eigenvalue weighted by molar-refractivity contribution is 5.69. The van der Waals surface area contributed by atoms with Crippen LogP contribution in [0.3, 0.4) is 0 Å². The van der Waals surface area contributed by atoms with Crippen LogP contribution in [0.4, 0.5) is 0 Å². The van der Waals surface area contributed by atoms with Gasteiger partial charge in [0.05, 0.1) is 5.92 Å². The van der Waals surface area contributed by atoms with Gasteiger partial charge in [0.1, 0.15) is 0 Å². The van der Waals surface area contributed by atoms with Crippen LogP contribution in [0.5, 0.6) is 0 Å². The molecule has 2 atom stereocenters. The summed E-state index contributed by atoms with van der Waals surface area (Å²) >= 11 is 0. The van der Waals surface area contributed by atoms with Gasteiger partial charge in [-0.2, -0.15) is 0 Å². The molecule has 0 heterocycles. The maximum absolute atomic E-state index is 10.7. The molecule has 0 aliphatic carbocycles. The van der Waals surface area contributed by atoms with Gasteiger partial charge >= 0.3 is 5.97 Å². The first-order valence-corrected chi connectivity index (χ1v) is 5.84. The van der Waals surface area contributed by atoms with Crippen molar-refractivity contribution in [2.75, 3.05) is 0 Å². The molecular weight excluding hydrogens is 176 g/mol. The van der Waals surface area contributed by atoms with Crippen molar-refractivity contribution >= 4 is 5.97 Å². The minimum absolute atomic E-state index is 0.179. The van der Waals surface area contributed by atoms with E-state index in [1.54, 1.807) is 0 Å². The lowest BCUT2D eigenvalue weighted by Crippen LogP contribution is -2.14. The van der Waals surface area contributed by atoms with Crippen LogP contribution in [0, 0.1) is 11.8 Å². The number of hydrogen-bond acceptors (Lipinski definition) is 1. The second kappa shape index (κ2) is 7.84. The second-order valence-corrected chi connectivity index (χ2v) is 4.25. The van der Waals surface area contributed by atoms with Crippen LogP contribution in [0.15, 0.2) is 0 Å². The van der Waals surface area contributed by atoms with Crippen molar-refractivity contribution in [1.29, 1.82) is 0 Å². The zero-order chi connectivity index (χ0) is 11.0. The average Bonchev–Trinajstić information content (AvgIpc) is 2.16. The van der Waals surface area contributed by atoms with E-state index in [1.807, 2.05) is 6.92 Å². The van der Waals surface area contributed by atoms with Crippen LogP contribution in [0.1, 0.15) is 59.3 Å². The Morgan fingerprint density at radius 3 is 2.36 bits per heavy atom. The Kier molecular flexibility index (Phi) is 7.54. The summed E-state index contributed by atoms with van der Waals surface area (Å²) in [6.45, 7) is 6.16. The molecular formula is C12H24O2. The quantitative estimate of drug-likeness (QED) is 0.606. The maximum Gasteiger partial charge on any atom is 0.306 e. The summed E-state index contributed by atoms with van der Waals surface area (Å²) in [5.41, 5.74) is 0. The van der Waals surface area contributed by atoms with Crippen molar-refractivity contribution in [3.8, 4) is 0 Å². The molecule has 0 saturated carbocycles. The lowest BCUT2D eigenvalue weighted by atomic mass is 9.89. The van der Waals surface area contributed by atoms with Crippen molar-refractivity contribution in [2.45, 2.75) is 59.3 Å². The predicted octanol–water partition coefficient (Wildman–Crippen LogP) is 3.70. The monoisotopic (exact) mass is 200 g/mol. The summed E-state index contributed by atoms with van der Waals surface area (Å²) in [6, 6.07) is 0. The standard InChI is InChI=1S/C12H24O2/c1-4-6-7-8-11(5-2)9-10(3)12(13)14/h10-11H,4-9H2,1-3H3,(H,13,14). The molecule has 0 spiro atoms. The molecule has 2 heteroatoms. The summed E-state index contributed by atoms with van der Waals surface area (Å²) in [5.74, 6) is -0.229. The van der Waals surface area contributed by atoms with Gasteiger partial charge in [0, 0.05) is 0 Å². The molecule has 0 radical (unpaired) electrons. The minimum atomic E-state index is -0.654. The Morgan fingerprint density at radius 1 is 1.29 bits per heavy atom. The third kappa shape index (κ3) is 6.01. The first kappa shape index (κ1) is 13.5. The summed E-state index contributed by atoms with van der Waals surface area (Å²) < 4.78 is 0. The molecule has 0 aromatic carbocycles. The molecule has 0 fully saturated rings. The maximum atomic E-state index is 10.7. The van der Waals surface area contributed by atoms with Crippen molar-refractivity contribution in [1.82, 2.24) is 0 Å². The molecule has 0 aliphatic heterocycles. The van der Waals surface area contributed by atoms with Crippen molar-refractivity contribution in [2.24, 2.45) is 11.8 Å². The molecule has 0 rings (SSSR count). The SMILES string of the molecule is CCCCCC(CC)CC(C)C(=O)O. The average molecular weight is 200 g/mol. The van der Waals surface area contributed by atoms with Gasteiger partial charge in [-0.25, -0.2) is 0 Å². The highest BCUT2D eigenvalue weighted by Gasteiger charge is 2.16. The van der Waals surface area contributed by atoms with Crippen molar-refractivity contribution in [3.63, 3.8) is 0 Å². The molecule has 0 saturated heterocycles. The molecule has 0 aliphatic rings. The van der Waals surface area contributed by atoms with Gasteiger partial charge in [0.2, 0.25) is 0 Å². The summed E-state index contributed by atoms with van der Waals surface area (Å²) in [5, 5.41) is 8.80. The van der Waals surface area contributed by atoms with Crippen molar-refractivity contribution < 1.29 is 9.90 Å². The summed E-state index contributed by atoms with van der Waals surface area (Å²) in [4.78, 5) is 10.7. The molecule has 1 N–H and O–H groups in total. The van der Waals surface area contributed by atoms with Crippen LogP contribution in [-0.4, -0.2) is 11.1 Å². The smallest absolute Gasteiger partial charge is 0.306 e. The third-order valence-corrected chi connectivity index (χ3v) is 2.90. The van der Waals surface area contributed by atoms with Gasteiger partial charge in [-0.1, -0.05) is 52.9 Å². The molecule has 14 heavy (non-hydrogen) atoms. The Labute approximate surface area is 87.7 Å². The van der Waals surface area contributed by atoms with Gasteiger partial charge in [0.25, 0.3) is 0 Å². The molecule has 2 unspecified atom stereocenters. The fourth-order valence-corrected chi connectivity index (χ4v) is 1.77. The molecule has 84 valence electrons. The number of rotatable bonds is 8. The Hall–Kier alpha value is -0.530. The van der Waals surface area contributed by atoms with Gasteiger partial charge < -0.3 is 5.11 Å². The van der Waals surface area contributed by atoms with Crippen LogP contribution in [0.25, 0.3) is 0 Å². The number of carboxylic acid groups (broad SMARTS) is 1. The number of aliphatic carboxylic acids is 1. The minimum Gasteiger partial charge on any atom is -0.481 e. The lowest BCUT2D eigenvalue weighted by molar-refractivity contribution is -0.141. The van der Waals surface area contributed by atoms with Gasteiger partial charge in [-0.05, 0) is 12.3 Å². The Bertz CT molecular complexity index is 154. The van der Waals surface area contributed by atoms with E-state index in [9.17, 15) is 4.79 Å². The first-order chi connectivity index (χ1) is 6.61. The molecule has 0 bridgehead atoms. The summed E-state index contributed by atoms with van der Waals surface area (Å²) in [6.07, 6.45) is 6.92. The number of carboxylic acids is 1. The van der Waals surface area contributed by atoms with Crippen LogP contribution in [0.2, 0.25) is 0 Å². The predicted molar refractivity (Wildman–Crippen MR) is 59.3 cm³/mol. The fourth-order valence-electron chi connectivity index (χ4n) is 1.77. The summed E-state index contributed by atoms with van der Waals surface area (Å²) in [7, 11) is 0. The number of unbranched alkanes of at least 4 members (excludes halogenated alkanes) is 2. The largest absolute Gasteiger partial charge is 0.481 e. The molecule has 2 nitrogen and oxygen atoms in total. The van der Waals surface area contributed by atoms with E-state index in [0.717, 1.165) is 12.8 Å². The van der Waals surface area contributed by atoms with E-state index >= 15 is 0 Å². The van der Waals surface area contributed by atoms with E-state index in [0.29, 0.717) is 5.92 Å². The first-order valence-electron chi connectivity index (χ1n) is 5.84. The van der Waals surface area contributed by atoms with Crippen LogP contribution >= 0.6 is 0 Å². The van der Waals surface area contributed by atoms with E-state index < -0.39 is 5.97 Å². The molecule has 0 amide bonds. The van der Waals surface area contributed by atoms with Crippen LogP contribution < -0.4 is 0 Å². The number of hydrogen-bond donors (Lipinski definition) is 1. The van der Waals surface area contributed by atoms with E-state index in [1.165, 1.54) is 25.7 Å². The highest BCUT2D eigenvalue weighted by Crippen LogP contribution is 2.21. The highest BCUT2D eigenvalue weighted by atomic mass is 16.4. The van der Waals surface area contributed by atoms with Crippen LogP contribution in [-0.2, 0) is 4.79 Å². The Balaban J connectivity index is 3.72. The number of carbonyl (C=O) groups is 1. The topological polar surface area (TPSA) is 37.3 Å². The van der Waals surface area contributed by atoms with E-state index in [2.05, 4.69) is 13.8 Å². The second-order valence-electron chi connectivity index (χ2n) is 4.25. The zero-order valence-corrected chi connectivity index (χ0v) is 9.75. The molecule has 0 aromatic heterocycles. The van der Waals surface area contributed by atoms with E-state index in [4.69, 9.17) is 5.11 Å². The fraction of sp³-hybridized carbons (Fsp3) is 0.917. The van der Waals surface area contributed by atoms with Gasteiger partial charge in [-0.15, -0.1) is 0 Å². The Morgan fingerprint density at radius 2 is 1.93 bits per heavy atom. The van der Waals surface area contributed by atoms with E-state index in [-0.39, 0.29) is 5.92 Å². The zero-order valence-electron chi connectivity index (χ0n) is 9.75. The lowest BCUT2D eigenvalue weighted by Gasteiger charge is -2.16. The normalized spacial score (nSPS) is 15.1.